The van der Waals surface area contributed by atoms with Crippen LogP contribution in [0.4, 0.5) is 13.2 Å². The molecule has 0 aliphatic heterocycles. The molecule has 4 rings (SSSR count). The van der Waals surface area contributed by atoms with Gasteiger partial charge in [-0.2, -0.15) is 0 Å². The Morgan fingerprint density at radius 1 is 0.667 bits per heavy atom. The van der Waals surface area contributed by atoms with Crippen molar-refractivity contribution in [1.29, 1.82) is 0 Å². The van der Waals surface area contributed by atoms with Crippen molar-refractivity contribution in [2.24, 2.45) is 0 Å². The largest absolute Gasteiger partial charge is 0.454 e. The van der Waals surface area contributed by atoms with Gasteiger partial charge in [-0.15, -0.1) is 6.42 Å². The van der Waals surface area contributed by atoms with Crippen LogP contribution in [-0.2, 0) is 9.78 Å². The summed E-state index contributed by atoms with van der Waals surface area (Å²) in [6, 6.07) is 22.3. The fourth-order valence-corrected chi connectivity index (χ4v) is 3.23. The van der Waals surface area contributed by atoms with Gasteiger partial charge in [0.05, 0.1) is 0 Å². The SMILES string of the molecule is C#CC(OOC(C)c1ccc(F)c(Oc2ccccc2)c1)c1ccc(F)c(Oc2ccc(F)cc2)c1. The van der Waals surface area contributed by atoms with Gasteiger partial charge in [0.15, 0.2) is 29.2 Å². The Hall–Kier alpha value is -4.25. The van der Waals surface area contributed by atoms with Gasteiger partial charge in [0.25, 0.3) is 0 Å². The minimum absolute atomic E-state index is 0.0313. The minimum atomic E-state index is -0.996. The zero-order valence-electron chi connectivity index (χ0n) is 19.2. The van der Waals surface area contributed by atoms with Gasteiger partial charge in [0.1, 0.15) is 23.4 Å². The number of para-hydroxylation sites is 1. The van der Waals surface area contributed by atoms with Crippen molar-refractivity contribution in [3.05, 3.63) is 120 Å². The minimum Gasteiger partial charge on any atom is -0.454 e. The molecule has 4 nitrogen and oxygen atoms in total. The van der Waals surface area contributed by atoms with Gasteiger partial charge in [-0.05, 0) is 78.7 Å². The summed E-state index contributed by atoms with van der Waals surface area (Å²) in [5.41, 5.74) is 0.980. The van der Waals surface area contributed by atoms with E-state index in [0.29, 0.717) is 16.9 Å². The van der Waals surface area contributed by atoms with Gasteiger partial charge in [-0.25, -0.2) is 22.9 Å². The van der Waals surface area contributed by atoms with Crippen molar-refractivity contribution in [3.63, 3.8) is 0 Å². The van der Waals surface area contributed by atoms with E-state index in [0.717, 1.165) is 0 Å². The van der Waals surface area contributed by atoms with Crippen LogP contribution in [0.3, 0.4) is 0 Å². The van der Waals surface area contributed by atoms with Gasteiger partial charge in [0, 0.05) is 0 Å². The summed E-state index contributed by atoms with van der Waals surface area (Å²) in [7, 11) is 0. The van der Waals surface area contributed by atoms with Crippen LogP contribution in [0.1, 0.15) is 30.3 Å². The molecule has 36 heavy (non-hydrogen) atoms. The Bertz CT molecular complexity index is 1350. The van der Waals surface area contributed by atoms with E-state index < -0.39 is 29.7 Å². The lowest BCUT2D eigenvalue weighted by atomic mass is 10.1. The quantitative estimate of drug-likeness (QED) is 0.135. The highest BCUT2D eigenvalue weighted by molar-refractivity contribution is 5.38. The van der Waals surface area contributed by atoms with Crippen LogP contribution in [0.2, 0.25) is 0 Å². The molecule has 0 radical (unpaired) electrons. The van der Waals surface area contributed by atoms with E-state index >= 15 is 0 Å². The Kier molecular flexibility index (Phi) is 7.91. The van der Waals surface area contributed by atoms with Gasteiger partial charge < -0.3 is 9.47 Å². The predicted octanol–water partition coefficient (Wildman–Crippen LogP) is 8.07. The number of hydrogen-bond donors (Lipinski definition) is 0. The van der Waals surface area contributed by atoms with Crippen LogP contribution in [-0.4, -0.2) is 0 Å². The summed E-state index contributed by atoms with van der Waals surface area (Å²) in [5.74, 6) is 1.49. The average molecular weight is 490 g/mol. The van der Waals surface area contributed by atoms with Crippen LogP contribution < -0.4 is 9.47 Å². The van der Waals surface area contributed by atoms with Crippen molar-refractivity contribution in [2.45, 2.75) is 19.1 Å². The second kappa shape index (κ2) is 11.5. The summed E-state index contributed by atoms with van der Waals surface area (Å²) in [5, 5.41) is 0. The van der Waals surface area contributed by atoms with Crippen LogP contribution in [0, 0.1) is 29.8 Å². The maximum absolute atomic E-state index is 14.3. The number of rotatable bonds is 9. The highest BCUT2D eigenvalue weighted by Crippen LogP contribution is 2.32. The molecule has 0 N–H and O–H groups in total. The Morgan fingerprint density at radius 2 is 1.22 bits per heavy atom. The lowest BCUT2D eigenvalue weighted by molar-refractivity contribution is -0.342. The molecule has 0 aliphatic carbocycles. The number of hydrogen-bond acceptors (Lipinski definition) is 4. The van der Waals surface area contributed by atoms with E-state index in [-0.39, 0.29) is 17.2 Å². The first-order valence-electron chi connectivity index (χ1n) is 11.0. The highest BCUT2D eigenvalue weighted by Gasteiger charge is 2.18. The molecule has 4 aromatic carbocycles. The molecule has 0 saturated heterocycles. The number of halogens is 3. The van der Waals surface area contributed by atoms with E-state index in [1.807, 2.05) is 6.07 Å². The van der Waals surface area contributed by atoms with Gasteiger partial charge in [-0.3, -0.25) is 0 Å². The monoisotopic (exact) mass is 490 g/mol. The molecule has 0 spiro atoms. The summed E-state index contributed by atoms with van der Waals surface area (Å²) in [6.07, 6.45) is 3.98. The number of terminal acetylenes is 1. The predicted molar refractivity (Wildman–Crippen MR) is 128 cm³/mol. The second-order valence-corrected chi connectivity index (χ2v) is 7.73. The third kappa shape index (κ3) is 6.25. The van der Waals surface area contributed by atoms with Crippen LogP contribution >= 0.6 is 0 Å². The van der Waals surface area contributed by atoms with E-state index in [1.54, 1.807) is 37.3 Å². The van der Waals surface area contributed by atoms with Gasteiger partial charge in [0.2, 0.25) is 0 Å². The maximum atomic E-state index is 14.3. The molecule has 0 saturated carbocycles. The lowest BCUT2D eigenvalue weighted by Crippen LogP contribution is -2.07. The molecular formula is C29H21F3O4. The molecule has 0 bridgehead atoms. The third-order valence-electron chi connectivity index (χ3n) is 5.14. The van der Waals surface area contributed by atoms with E-state index in [2.05, 4.69) is 5.92 Å². The molecule has 0 aliphatic rings. The molecule has 0 amide bonds. The third-order valence-corrected chi connectivity index (χ3v) is 5.14. The molecule has 0 aromatic heterocycles. The summed E-state index contributed by atoms with van der Waals surface area (Å²) in [4.78, 5) is 10.9. The van der Waals surface area contributed by atoms with E-state index in [9.17, 15) is 13.2 Å². The molecule has 0 fully saturated rings. The molecule has 7 heteroatoms. The fraction of sp³-hybridized carbons (Fsp3) is 0.103. The molecule has 2 unspecified atom stereocenters. The first-order valence-corrected chi connectivity index (χ1v) is 11.0. The van der Waals surface area contributed by atoms with Crippen LogP contribution in [0.5, 0.6) is 23.0 Å². The first kappa shape index (κ1) is 24.9. The second-order valence-electron chi connectivity index (χ2n) is 7.73. The van der Waals surface area contributed by atoms with Crippen molar-refractivity contribution >= 4 is 0 Å². The standard InChI is InChI=1S/C29H21F3O4/c1-3-27(21-10-16-26(32)29(18-21)34-24-13-11-22(30)12-14-24)36-35-19(2)20-9-15-25(31)28(17-20)33-23-7-5-4-6-8-23/h1,4-19,27H,2H3. The van der Waals surface area contributed by atoms with Crippen molar-refractivity contribution < 1.29 is 32.4 Å². The van der Waals surface area contributed by atoms with E-state index in [1.165, 1.54) is 54.6 Å². The topological polar surface area (TPSA) is 36.9 Å². The van der Waals surface area contributed by atoms with Crippen LogP contribution in [0.15, 0.2) is 91.0 Å². The smallest absolute Gasteiger partial charge is 0.178 e. The van der Waals surface area contributed by atoms with Crippen molar-refractivity contribution in [1.82, 2.24) is 0 Å². The zero-order chi connectivity index (χ0) is 25.5. The van der Waals surface area contributed by atoms with Gasteiger partial charge in [-0.1, -0.05) is 36.3 Å². The number of ether oxygens (including phenoxy) is 2. The zero-order valence-corrected chi connectivity index (χ0v) is 19.2. The Balaban J connectivity index is 1.44. The summed E-state index contributed by atoms with van der Waals surface area (Å²) < 4.78 is 52.8. The Labute approximate surface area is 206 Å². The summed E-state index contributed by atoms with van der Waals surface area (Å²) >= 11 is 0. The molecule has 2 atom stereocenters. The number of benzene rings is 4. The molecule has 182 valence electrons. The van der Waals surface area contributed by atoms with Gasteiger partial charge >= 0.3 is 0 Å². The average Bonchev–Trinajstić information content (AvgIpc) is 2.89. The first-order chi connectivity index (χ1) is 17.4. The highest BCUT2D eigenvalue weighted by atomic mass is 19.1. The van der Waals surface area contributed by atoms with Crippen molar-refractivity contribution in [2.75, 3.05) is 0 Å². The molecule has 0 heterocycles. The van der Waals surface area contributed by atoms with Crippen LogP contribution in [0.25, 0.3) is 0 Å². The van der Waals surface area contributed by atoms with E-state index in [4.69, 9.17) is 25.7 Å². The molecular weight excluding hydrogens is 469 g/mol. The normalized spacial score (nSPS) is 12.4. The Morgan fingerprint density at radius 3 is 1.83 bits per heavy atom. The summed E-state index contributed by atoms with van der Waals surface area (Å²) in [6.45, 7) is 1.70. The maximum Gasteiger partial charge on any atom is 0.178 e. The van der Waals surface area contributed by atoms with Crippen molar-refractivity contribution in [3.8, 4) is 35.3 Å². The molecule has 4 aromatic rings. The fourth-order valence-electron chi connectivity index (χ4n) is 3.23. The lowest BCUT2D eigenvalue weighted by Gasteiger charge is -2.18.